The minimum Gasteiger partial charge on any atom is -0.326 e. The number of rotatable bonds is 10. The molecule has 166 valence electrons. The van der Waals surface area contributed by atoms with Crippen LogP contribution in [-0.2, 0) is 19.6 Å². The minimum atomic E-state index is -3.78. The molecule has 0 fully saturated rings. The molecular formula is C22H27N3O5S. The minimum absolute atomic E-state index is 0.0213. The third-order valence-electron chi connectivity index (χ3n) is 4.26. The van der Waals surface area contributed by atoms with Crippen LogP contribution < -0.4 is 15.4 Å². The number of carbonyl (C=O) groups is 3. The average Bonchev–Trinajstić information content (AvgIpc) is 2.68. The number of benzene rings is 2. The number of carbonyl (C=O) groups excluding carboxylic acids is 3. The highest BCUT2D eigenvalue weighted by Crippen LogP contribution is 2.15. The summed E-state index contributed by atoms with van der Waals surface area (Å²) in [6, 6.07) is 12.3. The number of hydrogen-bond acceptors (Lipinski definition) is 5. The Morgan fingerprint density at radius 3 is 1.84 bits per heavy atom. The molecule has 0 aromatic heterocycles. The first-order valence-corrected chi connectivity index (χ1v) is 11.4. The Morgan fingerprint density at radius 2 is 1.35 bits per heavy atom. The average molecular weight is 446 g/mol. The van der Waals surface area contributed by atoms with Crippen molar-refractivity contribution in [2.24, 2.45) is 5.92 Å². The number of sulfonamides is 1. The van der Waals surface area contributed by atoms with Crippen molar-refractivity contribution in [3.05, 3.63) is 54.1 Å². The van der Waals surface area contributed by atoms with Crippen molar-refractivity contribution in [3.8, 4) is 0 Å². The van der Waals surface area contributed by atoms with Crippen LogP contribution in [0.3, 0.4) is 0 Å². The molecule has 0 heterocycles. The van der Waals surface area contributed by atoms with Gasteiger partial charge in [0.1, 0.15) is 0 Å². The molecule has 0 bridgehead atoms. The van der Waals surface area contributed by atoms with E-state index in [2.05, 4.69) is 15.4 Å². The number of Topliss-reactive ketones (excluding diaryl/α,β-unsaturated/α-hetero) is 1. The fraction of sp³-hybridized carbons (Fsp3) is 0.318. The molecular weight excluding hydrogens is 418 g/mol. The Hall–Kier alpha value is -3.04. The second kappa shape index (κ2) is 10.8. The second-order valence-corrected chi connectivity index (χ2v) is 9.27. The van der Waals surface area contributed by atoms with Crippen LogP contribution in [-0.4, -0.2) is 32.6 Å². The van der Waals surface area contributed by atoms with Gasteiger partial charge in [0.05, 0.1) is 4.90 Å². The molecule has 3 N–H and O–H groups in total. The molecule has 0 saturated carbocycles. The van der Waals surface area contributed by atoms with Gasteiger partial charge < -0.3 is 10.6 Å². The summed E-state index contributed by atoms with van der Waals surface area (Å²) in [7, 11) is -3.78. The molecule has 9 heteroatoms. The van der Waals surface area contributed by atoms with Crippen LogP contribution in [0.1, 0.15) is 44.0 Å². The van der Waals surface area contributed by atoms with Crippen molar-refractivity contribution >= 4 is 39.0 Å². The number of amides is 2. The van der Waals surface area contributed by atoms with Gasteiger partial charge >= 0.3 is 0 Å². The van der Waals surface area contributed by atoms with E-state index in [1.165, 1.54) is 31.2 Å². The Labute approximate surface area is 182 Å². The summed E-state index contributed by atoms with van der Waals surface area (Å²) in [5.41, 5.74) is 1.59. The van der Waals surface area contributed by atoms with E-state index in [1.807, 2.05) is 13.8 Å². The number of anilines is 2. The van der Waals surface area contributed by atoms with Gasteiger partial charge in [0.15, 0.2) is 5.78 Å². The predicted octanol–water partition coefficient (Wildman–Crippen LogP) is 3.18. The normalized spacial score (nSPS) is 11.2. The van der Waals surface area contributed by atoms with Crippen molar-refractivity contribution in [1.82, 2.24) is 4.72 Å². The number of nitrogens with one attached hydrogen (secondary N) is 3. The summed E-state index contributed by atoms with van der Waals surface area (Å²) < 4.78 is 26.9. The van der Waals surface area contributed by atoms with E-state index in [-0.39, 0.29) is 41.4 Å². The summed E-state index contributed by atoms with van der Waals surface area (Å²) in [6.07, 6.45) is 0.368. The lowest BCUT2D eigenvalue weighted by Gasteiger charge is -2.10. The van der Waals surface area contributed by atoms with Gasteiger partial charge in [-0.1, -0.05) is 26.0 Å². The van der Waals surface area contributed by atoms with Crippen molar-refractivity contribution < 1.29 is 22.8 Å². The summed E-state index contributed by atoms with van der Waals surface area (Å²) in [5, 5.41) is 5.46. The lowest BCUT2D eigenvalue weighted by molar-refractivity contribution is -0.117. The van der Waals surface area contributed by atoms with Gasteiger partial charge in [0.25, 0.3) is 0 Å². The summed E-state index contributed by atoms with van der Waals surface area (Å²) >= 11 is 0. The van der Waals surface area contributed by atoms with E-state index < -0.39 is 10.0 Å². The lowest BCUT2D eigenvalue weighted by atomic mass is 10.1. The van der Waals surface area contributed by atoms with Crippen LogP contribution in [0.2, 0.25) is 0 Å². The van der Waals surface area contributed by atoms with Crippen molar-refractivity contribution in [3.63, 3.8) is 0 Å². The molecule has 0 unspecified atom stereocenters. The maximum absolute atomic E-state index is 12.3. The zero-order valence-corrected chi connectivity index (χ0v) is 18.6. The molecule has 0 aliphatic carbocycles. The molecule has 0 radical (unpaired) electrons. The molecule has 0 atom stereocenters. The quantitative estimate of drug-likeness (QED) is 0.485. The molecule has 0 aliphatic rings. The monoisotopic (exact) mass is 445 g/mol. The first-order chi connectivity index (χ1) is 14.6. The standard InChI is InChI=1S/C22H27N3O5S/c1-15(2)14-22(28)25-19-8-6-18(7-9-19)24-21(27)12-13-23-31(29,30)20-10-4-17(5-11-20)16(3)26/h4-11,15,23H,12-14H2,1-3H3,(H,24,27)(H,25,28). The number of hydrogen-bond donors (Lipinski definition) is 3. The van der Waals surface area contributed by atoms with Crippen LogP contribution in [0.4, 0.5) is 11.4 Å². The Kier molecular flexibility index (Phi) is 8.47. The van der Waals surface area contributed by atoms with E-state index in [4.69, 9.17) is 0 Å². The van der Waals surface area contributed by atoms with E-state index in [0.717, 1.165) is 0 Å². The third kappa shape index (κ3) is 7.95. The van der Waals surface area contributed by atoms with Crippen LogP contribution in [0, 0.1) is 5.92 Å². The fourth-order valence-electron chi connectivity index (χ4n) is 2.69. The van der Waals surface area contributed by atoms with Crippen LogP contribution in [0.15, 0.2) is 53.4 Å². The van der Waals surface area contributed by atoms with Crippen LogP contribution >= 0.6 is 0 Å². The predicted molar refractivity (Wildman–Crippen MR) is 119 cm³/mol. The third-order valence-corrected chi connectivity index (χ3v) is 5.74. The molecule has 2 aromatic rings. The largest absolute Gasteiger partial charge is 0.326 e. The van der Waals surface area contributed by atoms with Crippen molar-refractivity contribution in [2.45, 2.75) is 38.5 Å². The zero-order chi connectivity index (χ0) is 23.0. The maximum Gasteiger partial charge on any atom is 0.240 e. The summed E-state index contributed by atoms with van der Waals surface area (Å²) in [4.78, 5) is 35.2. The highest BCUT2D eigenvalue weighted by atomic mass is 32.2. The van der Waals surface area contributed by atoms with Gasteiger partial charge in [-0.15, -0.1) is 0 Å². The summed E-state index contributed by atoms with van der Waals surface area (Å²) in [5.74, 6) is -0.323. The molecule has 0 aliphatic heterocycles. The molecule has 8 nitrogen and oxygen atoms in total. The highest BCUT2D eigenvalue weighted by Gasteiger charge is 2.15. The SMILES string of the molecule is CC(=O)c1ccc(S(=O)(=O)NCCC(=O)Nc2ccc(NC(=O)CC(C)C)cc2)cc1. The van der Waals surface area contributed by atoms with Gasteiger partial charge in [-0.3, -0.25) is 14.4 Å². The molecule has 0 saturated heterocycles. The highest BCUT2D eigenvalue weighted by molar-refractivity contribution is 7.89. The first kappa shape index (κ1) is 24.2. The van der Waals surface area contributed by atoms with E-state index in [0.29, 0.717) is 23.4 Å². The van der Waals surface area contributed by atoms with Gasteiger partial charge in [-0.25, -0.2) is 13.1 Å². The van der Waals surface area contributed by atoms with Gasteiger partial charge in [0.2, 0.25) is 21.8 Å². The lowest BCUT2D eigenvalue weighted by Crippen LogP contribution is -2.27. The van der Waals surface area contributed by atoms with Gasteiger partial charge in [0, 0.05) is 36.3 Å². The molecule has 2 rings (SSSR count). The topological polar surface area (TPSA) is 121 Å². The van der Waals surface area contributed by atoms with Gasteiger partial charge in [-0.2, -0.15) is 0 Å². The van der Waals surface area contributed by atoms with E-state index in [9.17, 15) is 22.8 Å². The smallest absolute Gasteiger partial charge is 0.240 e. The van der Waals surface area contributed by atoms with Crippen LogP contribution in [0.25, 0.3) is 0 Å². The molecule has 0 spiro atoms. The van der Waals surface area contributed by atoms with Gasteiger partial charge in [-0.05, 0) is 49.2 Å². The Morgan fingerprint density at radius 1 is 0.839 bits per heavy atom. The van der Waals surface area contributed by atoms with Crippen molar-refractivity contribution in [2.75, 3.05) is 17.2 Å². The zero-order valence-electron chi connectivity index (χ0n) is 17.8. The Bertz CT molecular complexity index is 1030. The van der Waals surface area contributed by atoms with E-state index in [1.54, 1.807) is 24.3 Å². The molecule has 31 heavy (non-hydrogen) atoms. The van der Waals surface area contributed by atoms with Crippen LogP contribution in [0.5, 0.6) is 0 Å². The van der Waals surface area contributed by atoms with E-state index >= 15 is 0 Å². The maximum atomic E-state index is 12.3. The Balaban J connectivity index is 1.82. The molecule has 2 aromatic carbocycles. The number of ketones is 1. The second-order valence-electron chi connectivity index (χ2n) is 7.50. The molecule has 2 amide bonds. The van der Waals surface area contributed by atoms with Crippen molar-refractivity contribution in [1.29, 1.82) is 0 Å². The fourth-order valence-corrected chi connectivity index (χ4v) is 3.73. The first-order valence-electron chi connectivity index (χ1n) is 9.87. The summed E-state index contributed by atoms with van der Waals surface area (Å²) in [6.45, 7) is 5.24.